The predicted molar refractivity (Wildman–Crippen MR) is 82.5 cm³/mol. The molecule has 0 fully saturated rings. The van der Waals surface area contributed by atoms with Crippen molar-refractivity contribution in [3.05, 3.63) is 54.6 Å². The first-order chi connectivity index (χ1) is 9.59. The third-order valence-electron chi connectivity index (χ3n) is 3.15. The lowest BCUT2D eigenvalue weighted by Gasteiger charge is -2.25. The number of carboxylic acids is 1. The molecular formula is C16H17NO2S. The maximum absolute atomic E-state index is 11.1. The minimum Gasteiger partial charge on any atom is -0.480 e. The van der Waals surface area contributed by atoms with E-state index in [4.69, 9.17) is 5.11 Å². The summed E-state index contributed by atoms with van der Waals surface area (Å²) >= 11 is 1.64. The Morgan fingerprint density at radius 3 is 2.35 bits per heavy atom. The molecule has 1 atom stereocenters. The lowest BCUT2D eigenvalue weighted by atomic mass is 10.2. The van der Waals surface area contributed by atoms with Crippen LogP contribution in [0.3, 0.4) is 0 Å². The summed E-state index contributed by atoms with van der Waals surface area (Å²) < 4.78 is 0. The highest BCUT2D eigenvalue weighted by Crippen LogP contribution is 2.35. The van der Waals surface area contributed by atoms with E-state index in [0.717, 1.165) is 15.5 Å². The van der Waals surface area contributed by atoms with Gasteiger partial charge in [-0.25, -0.2) is 4.79 Å². The van der Waals surface area contributed by atoms with Crippen molar-refractivity contribution in [1.29, 1.82) is 0 Å². The number of carbonyl (C=O) groups is 1. The van der Waals surface area contributed by atoms with E-state index in [1.165, 1.54) is 0 Å². The van der Waals surface area contributed by atoms with E-state index >= 15 is 0 Å². The van der Waals surface area contributed by atoms with Crippen LogP contribution in [0.15, 0.2) is 64.4 Å². The standard InChI is InChI=1S/C16H17NO2S/c1-12(16(18)19)17(2)14-10-6-7-11-15(14)20-13-8-4-3-5-9-13/h3-12H,1-2H3,(H,18,19)/t12-/m0/s1. The highest BCUT2D eigenvalue weighted by molar-refractivity contribution is 7.99. The van der Waals surface area contributed by atoms with Crippen LogP contribution in [-0.4, -0.2) is 24.2 Å². The number of para-hydroxylation sites is 1. The fourth-order valence-electron chi connectivity index (χ4n) is 1.82. The predicted octanol–water partition coefficient (Wildman–Crippen LogP) is 3.75. The third-order valence-corrected chi connectivity index (χ3v) is 4.23. The molecule has 0 aliphatic heterocycles. The van der Waals surface area contributed by atoms with Gasteiger partial charge in [0.25, 0.3) is 0 Å². The van der Waals surface area contributed by atoms with Crippen LogP contribution in [0.1, 0.15) is 6.92 Å². The first-order valence-corrected chi connectivity index (χ1v) is 7.19. The Balaban J connectivity index is 2.29. The highest BCUT2D eigenvalue weighted by Gasteiger charge is 2.19. The quantitative estimate of drug-likeness (QED) is 0.909. The van der Waals surface area contributed by atoms with E-state index in [0.29, 0.717) is 0 Å². The molecule has 1 N–H and O–H groups in total. The average Bonchev–Trinajstić information content (AvgIpc) is 2.47. The number of anilines is 1. The molecule has 0 aromatic heterocycles. The van der Waals surface area contributed by atoms with Gasteiger partial charge in [-0.05, 0) is 31.2 Å². The first kappa shape index (κ1) is 14.5. The molecule has 104 valence electrons. The average molecular weight is 287 g/mol. The largest absolute Gasteiger partial charge is 0.480 e. The van der Waals surface area contributed by atoms with Crippen molar-refractivity contribution in [1.82, 2.24) is 0 Å². The summed E-state index contributed by atoms with van der Waals surface area (Å²) in [5.74, 6) is -0.827. The number of benzene rings is 2. The number of carboxylic acid groups (broad SMARTS) is 1. The van der Waals surface area contributed by atoms with Gasteiger partial charge in [-0.1, -0.05) is 42.1 Å². The summed E-state index contributed by atoms with van der Waals surface area (Å²) in [6, 6.07) is 17.3. The van der Waals surface area contributed by atoms with Crippen LogP contribution in [-0.2, 0) is 4.79 Å². The minimum atomic E-state index is -0.827. The Morgan fingerprint density at radius 1 is 1.10 bits per heavy atom. The van der Waals surface area contributed by atoms with E-state index in [9.17, 15) is 4.79 Å². The topological polar surface area (TPSA) is 40.5 Å². The third kappa shape index (κ3) is 3.33. The fraction of sp³-hybridized carbons (Fsp3) is 0.188. The molecule has 2 rings (SSSR count). The lowest BCUT2D eigenvalue weighted by molar-refractivity contribution is -0.138. The Hall–Kier alpha value is -1.94. The molecule has 2 aromatic carbocycles. The second kappa shape index (κ2) is 6.48. The molecule has 3 nitrogen and oxygen atoms in total. The minimum absolute atomic E-state index is 0.562. The van der Waals surface area contributed by atoms with Crippen molar-refractivity contribution in [2.24, 2.45) is 0 Å². The van der Waals surface area contributed by atoms with Gasteiger partial charge in [0.2, 0.25) is 0 Å². The van der Waals surface area contributed by atoms with Crippen LogP contribution in [0.2, 0.25) is 0 Å². The van der Waals surface area contributed by atoms with Gasteiger partial charge in [-0.15, -0.1) is 0 Å². The van der Waals surface area contributed by atoms with Gasteiger partial charge < -0.3 is 10.0 Å². The van der Waals surface area contributed by atoms with Crippen molar-refractivity contribution < 1.29 is 9.90 Å². The number of rotatable bonds is 5. The molecule has 0 bridgehead atoms. The monoisotopic (exact) mass is 287 g/mol. The van der Waals surface area contributed by atoms with Crippen molar-refractivity contribution in [2.45, 2.75) is 22.8 Å². The zero-order chi connectivity index (χ0) is 14.5. The van der Waals surface area contributed by atoms with Crippen LogP contribution in [0, 0.1) is 0 Å². The second-order valence-corrected chi connectivity index (χ2v) is 5.62. The zero-order valence-corrected chi connectivity index (χ0v) is 12.3. The van der Waals surface area contributed by atoms with Gasteiger partial charge in [-0.2, -0.15) is 0 Å². The number of hydrogen-bond donors (Lipinski definition) is 1. The lowest BCUT2D eigenvalue weighted by Crippen LogP contribution is -2.36. The van der Waals surface area contributed by atoms with Crippen LogP contribution >= 0.6 is 11.8 Å². The molecule has 0 saturated carbocycles. The van der Waals surface area contributed by atoms with Crippen molar-refractivity contribution in [3.8, 4) is 0 Å². The van der Waals surface area contributed by atoms with E-state index in [1.54, 1.807) is 23.6 Å². The number of nitrogens with zero attached hydrogens (tertiary/aromatic N) is 1. The van der Waals surface area contributed by atoms with E-state index < -0.39 is 12.0 Å². The smallest absolute Gasteiger partial charge is 0.326 e. The Labute approximate surface area is 123 Å². The SMILES string of the molecule is C[C@@H](C(=O)O)N(C)c1ccccc1Sc1ccccc1. The molecule has 0 radical (unpaired) electrons. The maximum atomic E-state index is 11.1. The zero-order valence-electron chi connectivity index (χ0n) is 11.5. The van der Waals surface area contributed by atoms with Crippen molar-refractivity contribution in [2.75, 3.05) is 11.9 Å². The van der Waals surface area contributed by atoms with Gasteiger partial charge in [0.1, 0.15) is 6.04 Å². The van der Waals surface area contributed by atoms with Gasteiger partial charge in [0, 0.05) is 16.8 Å². The molecule has 2 aromatic rings. The Kier molecular flexibility index (Phi) is 4.69. The highest BCUT2D eigenvalue weighted by atomic mass is 32.2. The molecule has 20 heavy (non-hydrogen) atoms. The summed E-state index contributed by atoms with van der Waals surface area (Å²) in [6.45, 7) is 1.69. The molecule has 0 unspecified atom stereocenters. The molecule has 0 heterocycles. The summed E-state index contributed by atoms with van der Waals surface area (Å²) in [4.78, 5) is 15.1. The molecule has 0 spiro atoms. The van der Waals surface area contributed by atoms with Crippen LogP contribution < -0.4 is 4.90 Å². The van der Waals surface area contributed by atoms with Crippen LogP contribution in [0.25, 0.3) is 0 Å². The molecule has 0 amide bonds. The van der Waals surface area contributed by atoms with Gasteiger partial charge in [0.05, 0.1) is 5.69 Å². The summed E-state index contributed by atoms with van der Waals surface area (Å²) in [5, 5.41) is 9.15. The molecule has 0 aliphatic carbocycles. The van der Waals surface area contributed by atoms with E-state index in [-0.39, 0.29) is 0 Å². The van der Waals surface area contributed by atoms with E-state index in [2.05, 4.69) is 0 Å². The first-order valence-electron chi connectivity index (χ1n) is 6.37. The van der Waals surface area contributed by atoms with Gasteiger partial charge in [0.15, 0.2) is 0 Å². The Morgan fingerprint density at radius 2 is 1.70 bits per heavy atom. The molecular weight excluding hydrogens is 270 g/mol. The van der Waals surface area contributed by atoms with Crippen molar-refractivity contribution in [3.63, 3.8) is 0 Å². The summed E-state index contributed by atoms with van der Waals surface area (Å²) in [6.07, 6.45) is 0. The van der Waals surface area contributed by atoms with Crippen LogP contribution in [0.4, 0.5) is 5.69 Å². The number of likely N-dealkylation sites (N-methyl/N-ethyl adjacent to an activating group) is 1. The summed E-state index contributed by atoms with van der Waals surface area (Å²) in [7, 11) is 1.81. The summed E-state index contributed by atoms with van der Waals surface area (Å²) in [5.41, 5.74) is 0.927. The second-order valence-electron chi connectivity index (χ2n) is 4.51. The van der Waals surface area contributed by atoms with Gasteiger partial charge in [-0.3, -0.25) is 0 Å². The molecule has 4 heteroatoms. The molecule has 0 saturated heterocycles. The number of hydrogen-bond acceptors (Lipinski definition) is 3. The van der Waals surface area contributed by atoms with Gasteiger partial charge >= 0.3 is 5.97 Å². The molecule has 0 aliphatic rings. The van der Waals surface area contributed by atoms with Crippen molar-refractivity contribution >= 4 is 23.4 Å². The normalized spacial score (nSPS) is 11.9. The van der Waals surface area contributed by atoms with Crippen LogP contribution in [0.5, 0.6) is 0 Å². The fourth-order valence-corrected chi connectivity index (χ4v) is 2.84. The maximum Gasteiger partial charge on any atom is 0.326 e. The Bertz CT molecular complexity index is 586. The van der Waals surface area contributed by atoms with E-state index in [1.807, 2.05) is 61.6 Å². The number of aliphatic carboxylic acids is 1.